The van der Waals surface area contributed by atoms with Gasteiger partial charge < -0.3 is 4.90 Å². The number of carbonyl (C=O) groups excluding carboxylic acids is 1. The predicted octanol–water partition coefficient (Wildman–Crippen LogP) is 3.66. The van der Waals surface area contributed by atoms with Crippen molar-refractivity contribution in [1.82, 2.24) is 9.21 Å². The molecule has 3 rings (SSSR count). The largest absolute Gasteiger partial charge is 0.337 e. The van der Waals surface area contributed by atoms with Crippen LogP contribution in [0.1, 0.15) is 41.6 Å². The Labute approximate surface area is 165 Å². The zero-order valence-electron chi connectivity index (χ0n) is 16.0. The van der Waals surface area contributed by atoms with Crippen LogP contribution in [0.4, 0.5) is 4.39 Å². The molecule has 150 valence electrons. The van der Waals surface area contributed by atoms with Crippen LogP contribution in [0.3, 0.4) is 0 Å². The summed E-state index contributed by atoms with van der Waals surface area (Å²) in [5.74, 6) is -0.540. The zero-order chi connectivity index (χ0) is 20.1. The van der Waals surface area contributed by atoms with Gasteiger partial charge in [-0.3, -0.25) is 4.79 Å². The van der Waals surface area contributed by atoms with Crippen LogP contribution in [-0.4, -0.2) is 43.7 Å². The molecule has 2 aromatic carbocycles. The second kappa shape index (κ2) is 8.84. The van der Waals surface area contributed by atoms with E-state index in [4.69, 9.17) is 0 Å². The highest BCUT2D eigenvalue weighted by Gasteiger charge is 2.25. The maximum atomic E-state index is 13.0. The third kappa shape index (κ3) is 4.77. The summed E-state index contributed by atoms with van der Waals surface area (Å²) in [5, 5.41) is 0. The van der Waals surface area contributed by atoms with Crippen LogP contribution in [0.5, 0.6) is 0 Å². The standard InChI is InChI=1S/C21H25FN2O3S/c1-23(16-17-6-10-19(22)11-7-17)21(25)18-8-12-20(13-9-18)28(26,27)24-14-4-2-3-5-15-24/h6-13H,2-5,14-16H2,1H3. The first-order valence-corrected chi connectivity index (χ1v) is 10.9. The molecule has 5 nitrogen and oxygen atoms in total. The van der Waals surface area contributed by atoms with Gasteiger partial charge in [0.05, 0.1) is 4.90 Å². The van der Waals surface area contributed by atoms with Gasteiger partial charge >= 0.3 is 0 Å². The van der Waals surface area contributed by atoms with Crippen LogP contribution in [0.2, 0.25) is 0 Å². The van der Waals surface area contributed by atoms with Gasteiger partial charge in [-0.2, -0.15) is 4.31 Å². The van der Waals surface area contributed by atoms with Crippen molar-refractivity contribution in [2.75, 3.05) is 20.1 Å². The first-order chi connectivity index (χ1) is 13.4. The molecule has 1 saturated heterocycles. The molecular weight excluding hydrogens is 379 g/mol. The molecule has 28 heavy (non-hydrogen) atoms. The molecule has 1 heterocycles. The summed E-state index contributed by atoms with van der Waals surface area (Å²) in [7, 11) is -1.87. The number of amides is 1. The van der Waals surface area contributed by atoms with Gasteiger partial charge in [-0.1, -0.05) is 25.0 Å². The number of hydrogen-bond acceptors (Lipinski definition) is 3. The van der Waals surface area contributed by atoms with E-state index in [2.05, 4.69) is 0 Å². The Morgan fingerprint density at radius 2 is 1.54 bits per heavy atom. The SMILES string of the molecule is CN(Cc1ccc(F)cc1)C(=O)c1ccc(S(=O)(=O)N2CCCCCC2)cc1. The summed E-state index contributed by atoms with van der Waals surface area (Å²) in [6.45, 7) is 1.43. The number of halogens is 1. The minimum Gasteiger partial charge on any atom is -0.337 e. The Kier molecular flexibility index (Phi) is 6.46. The lowest BCUT2D eigenvalue weighted by molar-refractivity contribution is 0.0785. The van der Waals surface area contributed by atoms with E-state index in [-0.39, 0.29) is 16.6 Å². The highest BCUT2D eigenvalue weighted by molar-refractivity contribution is 7.89. The number of carbonyl (C=O) groups is 1. The van der Waals surface area contributed by atoms with E-state index in [0.717, 1.165) is 31.2 Å². The Balaban J connectivity index is 1.70. The molecule has 1 aliphatic rings. The van der Waals surface area contributed by atoms with Gasteiger partial charge in [0.2, 0.25) is 10.0 Å². The molecule has 1 aliphatic heterocycles. The highest BCUT2D eigenvalue weighted by Crippen LogP contribution is 2.21. The summed E-state index contributed by atoms with van der Waals surface area (Å²) in [5.41, 5.74) is 1.23. The molecule has 2 aromatic rings. The molecule has 0 radical (unpaired) electrons. The van der Waals surface area contributed by atoms with Crippen LogP contribution < -0.4 is 0 Å². The van der Waals surface area contributed by atoms with Crippen molar-refractivity contribution in [3.8, 4) is 0 Å². The summed E-state index contributed by atoms with van der Waals surface area (Å²) in [4.78, 5) is 14.4. The zero-order valence-corrected chi connectivity index (χ0v) is 16.8. The lowest BCUT2D eigenvalue weighted by Crippen LogP contribution is -2.32. The predicted molar refractivity (Wildman–Crippen MR) is 106 cm³/mol. The Morgan fingerprint density at radius 3 is 2.11 bits per heavy atom. The fourth-order valence-electron chi connectivity index (χ4n) is 3.36. The van der Waals surface area contributed by atoms with Crippen LogP contribution in [0.15, 0.2) is 53.4 Å². The van der Waals surface area contributed by atoms with E-state index in [9.17, 15) is 17.6 Å². The van der Waals surface area contributed by atoms with Crippen molar-refractivity contribution in [3.05, 3.63) is 65.5 Å². The van der Waals surface area contributed by atoms with E-state index < -0.39 is 10.0 Å². The first kappa shape index (κ1) is 20.5. The maximum Gasteiger partial charge on any atom is 0.253 e. The molecule has 7 heteroatoms. The van der Waals surface area contributed by atoms with Crippen molar-refractivity contribution < 1.29 is 17.6 Å². The fourth-order valence-corrected chi connectivity index (χ4v) is 4.87. The van der Waals surface area contributed by atoms with Gasteiger partial charge in [-0.15, -0.1) is 0 Å². The van der Waals surface area contributed by atoms with E-state index in [0.29, 0.717) is 25.2 Å². The molecule has 0 N–H and O–H groups in total. The van der Waals surface area contributed by atoms with Crippen molar-refractivity contribution in [2.45, 2.75) is 37.1 Å². The van der Waals surface area contributed by atoms with Crippen LogP contribution in [0.25, 0.3) is 0 Å². The van der Waals surface area contributed by atoms with E-state index in [1.54, 1.807) is 31.3 Å². The molecule has 0 spiro atoms. The summed E-state index contributed by atoms with van der Waals surface area (Å²) >= 11 is 0. The molecular formula is C21H25FN2O3S. The summed E-state index contributed by atoms with van der Waals surface area (Å²) in [6, 6.07) is 12.1. The first-order valence-electron chi connectivity index (χ1n) is 9.48. The van der Waals surface area contributed by atoms with Crippen molar-refractivity contribution in [2.24, 2.45) is 0 Å². The normalized spacial score (nSPS) is 15.8. The molecule has 0 aliphatic carbocycles. The van der Waals surface area contributed by atoms with E-state index >= 15 is 0 Å². The second-order valence-corrected chi connectivity index (χ2v) is 9.07. The summed E-state index contributed by atoms with van der Waals surface area (Å²) in [6.07, 6.45) is 3.87. The fraction of sp³-hybridized carbons (Fsp3) is 0.381. The molecule has 0 saturated carbocycles. The van der Waals surface area contributed by atoms with E-state index in [1.807, 2.05) is 0 Å². The molecule has 0 bridgehead atoms. The number of rotatable bonds is 5. The molecule has 1 amide bonds. The van der Waals surface area contributed by atoms with Gasteiger partial charge in [0.15, 0.2) is 0 Å². The van der Waals surface area contributed by atoms with Gasteiger partial charge in [-0.05, 0) is 54.8 Å². The smallest absolute Gasteiger partial charge is 0.253 e. The van der Waals surface area contributed by atoms with Crippen LogP contribution in [-0.2, 0) is 16.6 Å². The third-order valence-corrected chi connectivity index (χ3v) is 6.90. The molecule has 0 aromatic heterocycles. The average Bonchev–Trinajstić information content (AvgIpc) is 2.99. The lowest BCUT2D eigenvalue weighted by atomic mass is 10.1. The highest BCUT2D eigenvalue weighted by atomic mass is 32.2. The monoisotopic (exact) mass is 404 g/mol. The van der Waals surface area contributed by atoms with Gasteiger partial charge in [0.1, 0.15) is 5.82 Å². The third-order valence-electron chi connectivity index (χ3n) is 4.98. The second-order valence-electron chi connectivity index (χ2n) is 7.13. The minimum absolute atomic E-state index is 0.215. The van der Waals surface area contributed by atoms with Gasteiger partial charge in [0, 0.05) is 32.2 Å². The topological polar surface area (TPSA) is 57.7 Å². The van der Waals surface area contributed by atoms with Crippen LogP contribution >= 0.6 is 0 Å². The Bertz CT molecular complexity index is 904. The van der Waals surface area contributed by atoms with Gasteiger partial charge in [-0.25, -0.2) is 12.8 Å². The summed E-state index contributed by atoms with van der Waals surface area (Å²) < 4.78 is 40.2. The van der Waals surface area contributed by atoms with E-state index in [1.165, 1.54) is 33.5 Å². The lowest BCUT2D eigenvalue weighted by Gasteiger charge is -2.20. The number of nitrogens with zero attached hydrogens (tertiary/aromatic N) is 2. The van der Waals surface area contributed by atoms with Crippen molar-refractivity contribution in [3.63, 3.8) is 0 Å². The number of benzene rings is 2. The Hall–Kier alpha value is -2.25. The van der Waals surface area contributed by atoms with Crippen LogP contribution in [0, 0.1) is 5.82 Å². The quantitative estimate of drug-likeness (QED) is 0.764. The average molecular weight is 405 g/mol. The maximum absolute atomic E-state index is 13.0. The number of sulfonamides is 1. The number of hydrogen-bond donors (Lipinski definition) is 0. The molecule has 0 atom stereocenters. The minimum atomic E-state index is -3.53. The van der Waals surface area contributed by atoms with Crippen molar-refractivity contribution >= 4 is 15.9 Å². The van der Waals surface area contributed by atoms with Gasteiger partial charge in [0.25, 0.3) is 5.91 Å². The van der Waals surface area contributed by atoms with Crippen molar-refractivity contribution in [1.29, 1.82) is 0 Å². The Morgan fingerprint density at radius 1 is 0.964 bits per heavy atom. The molecule has 0 unspecified atom stereocenters. The molecule has 1 fully saturated rings.